The fraction of sp³-hybridized carbons (Fsp3) is 0.381. The molecule has 0 spiro atoms. The standard InChI is InChI=1S/C21H26N2O3/c1-4-15-8-7-9-17-19(15)20(23-12-6-5-10-18(23)25)16(14-22-11-13-24)21(2,3)26-17/h5-10,12,22,24H,4,11,13-14H2,1-3H3. The number of aromatic nitrogens is 1. The largest absolute Gasteiger partial charge is 0.483 e. The van der Waals surface area contributed by atoms with E-state index in [0.29, 0.717) is 13.1 Å². The highest BCUT2D eigenvalue weighted by molar-refractivity contribution is 5.79. The van der Waals surface area contributed by atoms with Crippen LogP contribution in [0.1, 0.15) is 31.9 Å². The summed E-state index contributed by atoms with van der Waals surface area (Å²) < 4.78 is 8.03. The Labute approximate surface area is 153 Å². The van der Waals surface area contributed by atoms with Gasteiger partial charge in [-0.2, -0.15) is 0 Å². The van der Waals surface area contributed by atoms with Gasteiger partial charge in [-0.25, -0.2) is 0 Å². The molecule has 1 aromatic carbocycles. The Hall–Kier alpha value is -2.37. The summed E-state index contributed by atoms with van der Waals surface area (Å²) in [6.45, 7) is 7.20. The van der Waals surface area contributed by atoms with Gasteiger partial charge in [-0.1, -0.05) is 25.1 Å². The Morgan fingerprint density at radius 3 is 2.69 bits per heavy atom. The molecule has 138 valence electrons. The summed E-state index contributed by atoms with van der Waals surface area (Å²) in [5, 5.41) is 12.4. The number of nitrogens with one attached hydrogen (secondary N) is 1. The van der Waals surface area contributed by atoms with Crippen LogP contribution in [0.2, 0.25) is 0 Å². The topological polar surface area (TPSA) is 63.5 Å². The molecule has 0 amide bonds. The summed E-state index contributed by atoms with van der Waals surface area (Å²) in [6.07, 6.45) is 2.65. The van der Waals surface area contributed by atoms with Gasteiger partial charge in [-0.15, -0.1) is 0 Å². The summed E-state index contributed by atoms with van der Waals surface area (Å²) >= 11 is 0. The molecule has 2 aromatic rings. The highest BCUT2D eigenvalue weighted by atomic mass is 16.5. The lowest BCUT2D eigenvalue weighted by Gasteiger charge is -2.38. The lowest BCUT2D eigenvalue weighted by Crippen LogP contribution is -2.42. The van der Waals surface area contributed by atoms with Crippen LogP contribution in [0, 0.1) is 0 Å². The van der Waals surface area contributed by atoms with Gasteiger partial charge in [0.2, 0.25) is 0 Å². The minimum Gasteiger partial charge on any atom is -0.483 e. The number of aryl methyl sites for hydroxylation is 1. The van der Waals surface area contributed by atoms with Crippen molar-refractivity contribution < 1.29 is 9.84 Å². The lowest BCUT2D eigenvalue weighted by molar-refractivity contribution is 0.140. The molecule has 1 aliphatic heterocycles. The number of pyridine rings is 1. The van der Waals surface area contributed by atoms with Crippen LogP contribution in [0.25, 0.3) is 5.70 Å². The van der Waals surface area contributed by atoms with E-state index in [9.17, 15) is 4.79 Å². The molecule has 0 saturated carbocycles. The fourth-order valence-corrected chi connectivity index (χ4v) is 3.46. The number of ether oxygens (including phenoxy) is 1. The maximum Gasteiger partial charge on any atom is 0.255 e. The van der Waals surface area contributed by atoms with Gasteiger partial charge >= 0.3 is 0 Å². The summed E-state index contributed by atoms with van der Waals surface area (Å²) in [5.41, 5.74) is 3.34. The minimum atomic E-state index is -0.577. The molecule has 2 heterocycles. The number of aliphatic hydroxyl groups is 1. The van der Waals surface area contributed by atoms with Gasteiger partial charge in [0.05, 0.1) is 12.3 Å². The average Bonchev–Trinajstić information content (AvgIpc) is 2.62. The van der Waals surface area contributed by atoms with Crippen molar-refractivity contribution in [2.75, 3.05) is 19.7 Å². The summed E-state index contributed by atoms with van der Waals surface area (Å²) in [4.78, 5) is 12.6. The monoisotopic (exact) mass is 354 g/mol. The van der Waals surface area contributed by atoms with Crippen LogP contribution in [-0.4, -0.2) is 35.0 Å². The molecule has 0 radical (unpaired) electrons. The van der Waals surface area contributed by atoms with Crippen LogP contribution in [0.5, 0.6) is 5.75 Å². The molecular weight excluding hydrogens is 328 g/mol. The van der Waals surface area contributed by atoms with E-state index in [1.807, 2.05) is 32.0 Å². The van der Waals surface area contributed by atoms with E-state index in [1.54, 1.807) is 22.9 Å². The zero-order chi connectivity index (χ0) is 18.7. The predicted molar refractivity (Wildman–Crippen MR) is 104 cm³/mol. The second-order valence-corrected chi connectivity index (χ2v) is 6.89. The van der Waals surface area contributed by atoms with Crippen LogP contribution in [0.3, 0.4) is 0 Å². The zero-order valence-corrected chi connectivity index (χ0v) is 15.6. The van der Waals surface area contributed by atoms with Crippen molar-refractivity contribution >= 4 is 5.70 Å². The van der Waals surface area contributed by atoms with Crippen LogP contribution in [-0.2, 0) is 6.42 Å². The molecule has 0 bridgehead atoms. The second-order valence-electron chi connectivity index (χ2n) is 6.89. The first-order chi connectivity index (χ1) is 12.5. The highest BCUT2D eigenvalue weighted by Crippen LogP contribution is 2.42. The lowest BCUT2D eigenvalue weighted by atomic mass is 9.86. The van der Waals surface area contributed by atoms with Crippen LogP contribution in [0.15, 0.2) is 53.0 Å². The average molecular weight is 354 g/mol. The fourth-order valence-electron chi connectivity index (χ4n) is 3.46. The molecule has 0 saturated heterocycles. The summed E-state index contributed by atoms with van der Waals surface area (Å²) in [6, 6.07) is 11.2. The predicted octanol–water partition coefficient (Wildman–Crippen LogP) is 2.42. The molecule has 3 rings (SSSR count). The molecule has 1 aromatic heterocycles. The summed E-state index contributed by atoms with van der Waals surface area (Å²) in [7, 11) is 0. The van der Waals surface area contributed by atoms with Crippen LogP contribution >= 0.6 is 0 Å². The van der Waals surface area contributed by atoms with Crippen molar-refractivity contribution in [1.29, 1.82) is 0 Å². The number of fused-ring (bicyclic) bond motifs is 1. The van der Waals surface area contributed by atoms with E-state index in [0.717, 1.165) is 34.6 Å². The second kappa shape index (κ2) is 7.48. The first kappa shape index (κ1) is 18.4. The molecular formula is C21H26N2O3. The number of hydrogen-bond donors (Lipinski definition) is 2. The van der Waals surface area contributed by atoms with E-state index in [1.165, 1.54) is 0 Å². The molecule has 0 fully saturated rings. The van der Waals surface area contributed by atoms with Crippen LogP contribution in [0.4, 0.5) is 0 Å². The third kappa shape index (κ3) is 3.32. The van der Waals surface area contributed by atoms with Gasteiger partial charge < -0.3 is 15.2 Å². The summed E-state index contributed by atoms with van der Waals surface area (Å²) in [5.74, 6) is 0.797. The SMILES string of the molecule is CCc1cccc2c1C(n1ccccc1=O)=C(CNCCO)C(C)(C)O2. The van der Waals surface area contributed by atoms with E-state index in [-0.39, 0.29) is 12.2 Å². The Morgan fingerprint density at radius 2 is 2.00 bits per heavy atom. The van der Waals surface area contributed by atoms with Gasteiger partial charge in [0, 0.05) is 36.5 Å². The van der Waals surface area contributed by atoms with Crippen molar-refractivity contribution in [3.05, 3.63) is 69.6 Å². The van der Waals surface area contributed by atoms with Crippen molar-refractivity contribution in [3.63, 3.8) is 0 Å². The number of rotatable bonds is 6. The van der Waals surface area contributed by atoms with Crippen molar-refractivity contribution in [2.24, 2.45) is 0 Å². The highest BCUT2D eigenvalue weighted by Gasteiger charge is 2.36. The number of hydrogen-bond acceptors (Lipinski definition) is 4. The first-order valence-corrected chi connectivity index (χ1v) is 9.04. The third-order valence-corrected chi connectivity index (χ3v) is 4.76. The molecule has 0 aliphatic carbocycles. The Morgan fingerprint density at radius 1 is 1.19 bits per heavy atom. The van der Waals surface area contributed by atoms with E-state index in [4.69, 9.17) is 9.84 Å². The van der Waals surface area contributed by atoms with Gasteiger partial charge in [0.25, 0.3) is 5.56 Å². The molecule has 0 unspecified atom stereocenters. The number of aliphatic hydroxyl groups excluding tert-OH is 1. The van der Waals surface area contributed by atoms with Crippen molar-refractivity contribution in [3.8, 4) is 5.75 Å². The molecule has 2 N–H and O–H groups in total. The number of nitrogens with zero attached hydrogens (tertiary/aromatic N) is 1. The maximum absolute atomic E-state index is 12.6. The van der Waals surface area contributed by atoms with E-state index in [2.05, 4.69) is 18.3 Å². The van der Waals surface area contributed by atoms with Gasteiger partial charge in [0.15, 0.2) is 0 Å². The molecule has 1 aliphatic rings. The number of benzene rings is 1. The quantitative estimate of drug-likeness (QED) is 0.782. The van der Waals surface area contributed by atoms with Crippen molar-refractivity contribution in [1.82, 2.24) is 9.88 Å². The van der Waals surface area contributed by atoms with Gasteiger partial charge in [-0.05, 0) is 38.0 Å². The zero-order valence-electron chi connectivity index (χ0n) is 15.6. The maximum atomic E-state index is 12.6. The smallest absolute Gasteiger partial charge is 0.255 e. The third-order valence-electron chi connectivity index (χ3n) is 4.76. The van der Waals surface area contributed by atoms with E-state index < -0.39 is 5.60 Å². The Kier molecular flexibility index (Phi) is 5.30. The molecule has 5 heteroatoms. The van der Waals surface area contributed by atoms with Crippen molar-refractivity contribution in [2.45, 2.75) is 32.8 Å². The molecule has 0 atom stereocenters. The Balaban J connectivity index is 2.31. The van der Waals surface area contributed by atoms with Gasteiger partial charge in [0.1, 0.15) is 11.4 Å². The molecule has 5 nitrogen and oxygen atoms in total. The van der Waals surface area contributed by atoms with Gasteiger partial charge in [-0.3, -0.25) is 9.36 Å². The minimum absolute atomic E-state index is 0.0615. The van der Waals surface area contributed by atoms with Crippen LogP contribution < -0.4 is 15.6 Å². The Bertz CT molecular complexity index is 881. The first-order valence-electron chi connectivity index (χ1n) is 9.04. The molecule has 26 heavy (non-hydrogen) atoms. The van der Waals surface area contributed by atoms with E-state index >= 15 is 0 Å². The normalized spacial score (nSPS) is 15.5.